The van der Waals surface area contributed by atoms with E-state index in [0.29, 0.717) is 30.4 Å². The van der Waals surface area contributed by atoms with Gasteiger partial charge in [-0.3, -0.25) is 0 Å². The summed E-state index contributed by atoms with van der Waals surface area (Å²) in [5.41, 5.74) is 1.87. The number of carboxylic acid groups (broad SMARTS) is 1. The summed E-state index contributed by atoms with van der Waals surface area (Å²) >= 11 is 0. The number of hydrogen-bond acceptors (Lipinski definition) is 5. The van der Waals surface area contributed by atoms with Crippen LogP contribution in [-0.2, 0) is 6.42 Å². The van der Waals surface area contributed by atoms with Gasteiger partial charge < -0.3 is 14.9 Å². The Hall–Kier alpha value is -2.37. The van der Waals surface area contributed by atoms with E-state index < -0.39 is 5.97 Å². The lowest BCUT2D eigenvalue weighted by atomic mass is 10.1. The van der Waals surface area contributed by atoms with Crippen LogP contribution in [0.3, 0.4) is 0 Å². The maximum absolute atomic E-state index is 11.1. The van der Waals surface area contributed by atoms with Crippen LogP contribution in [0.2, 0.25) is 0 Å². The average Bonchev–Trinajstić information content (AvgIpc) is 2.75. The Morgan fingerprint density at radius 3 is 2.84 bits per heavy atom. The summed E-state index contributed by atoms with van der Waals surface area (Å²) in [5, 5.41) is 16.0. The van der Waals surface area contributed by atoms with Gasteiger partial charge in [-0.1, -0.05) is 11.2 Å². The van der Waals surface area contributed by atoms with Crippen LogP contribution in [0.25, 0.3) is 0 Å². The second kappa shape index (κ2) is 5.51. The predicted molar refractivity (Wildman–Crippen MR) is 69.4 cm³/mol. The number of anilines is 1. The lowest BCUT2D eigenvalue weighted by molar-refractivity contribution is 0.0698. The third-order valence-electron chi connectivity index (χ3n) is 2.64. The number of aromatic carboxylic acids is 1. The number of aromatic nitrogens is 2. The number of aryl methyl sites for hydroxylation is 2. The molecule has 0 aliphatic heterocycles. The van der Waals surface area contributed by atoms with E-state index in [0.717, 1.165) is 5.56 Å². The van der Waals surface area contributed by atoms with Gasteiger partial charge in [0.2, 0.25) is 5.89 Å². The van der Waals surface area contributed by atoms with Crippen molar-refractivity contribution in [3.8, 4) is 0 Å². The lowest BCUT2D eigenvalue weighted by Gasteiger charge is -2.09. The molecule has 0 radical (unpaired) electrons. The summed E-state index contributed by atoms with van der Waals surface area (Å²) in [5.74, 6) is 0.184. The van der Waals surface area contributed by atoms with Gasteiger partial charge in [0, 0.05) is 25.6 Å². The normalized spacial score (nSPS) is 10.4. The Morgan fingerprint density at radius 1 is 1.42 bits per heavy atom. The van der Waals surface area contributed by atoms with Crippen molar-refractivity contribution in [3.63, 3.8) is 0 Å². The van der Waals surface area contributed by atoms with Gasteiger partial charge >= 0.3 is 5.97 Å². The van der Waals surface area contributed by atoms with E-state index in [1.54, 1.807) is 19.1 Å². The quantitative estimate of drug-likeness (QED) is 0.856. The van der Waals surface area contributed by atoms with Crippen molar-refractivity contribution < 1.29 is 14.4 Å². The Balaban J connectivity index is 2.02. The van der Waals surface area contributed by atoms with Crippen molar-refractivity contribution in [2.24, 2.45) is 0 Å². The second-order valence-corrected chi connectivity index (χ2v) is 4.26. The van der Waals surface area contributed by atoms with Crippen LogP contribution in [0.5, 0.6) is 0 Å². The Morgan fingerprint density at radius 2 is 2.21 bits per heavy atom. The first-order valence-electron chi connectivity index (χ1n) is 5.93. The van der Waals surface area contributed by atoms with E-state index in [2.05, 4.69) is 15.5 Å². The van der Waals surface area contributed by atoms with E-state index in [9.17, 15) is 4.79 Å². The number of hydrogen-bond donors (Lipinski definition) is 2. The van der Waals surface area contributed by atoms with Crippen LogP contribution in [0, 0.1) is 13.8 Å². The molecule has 0 fully saturated rings. The Labute approximate surface area is 110 Å². The molecule has 0 atom stereocenters. The summed E-state index contributed by atoms with van der Waals surface area (Å²) in [6.45, 7) is 4.19. The molecule has 0 saturated carbocycles. The molecule has 0 amide bonds. The largest absolute Gasteiger partial charge is 0.478 e. The molecule has 1 aromatic carbocycles. The monoisotopic (exact) mass is 261 g/mol. The smallest absolute Gasteiger partial charge is 0.337 e. The molecular weight excluding hydrogens is 246 g/mol. The summed E-state index contributed by atoms with van der Waals surface area (Å²) in [7, 11) is 0. The molecule has 0 aliphatic carbocycles. The average molecular weight is 261 g/mol. The standard InChI is InChI=1S/C13H15N3O3/c1-8-3-4-10(13(17)18)11(7-8)14-6-5-12-15-9(2)19-16-12/h3-4,7,14H,5-6H2,1-2H3,(H,17,18). The van der Waals surface area contributed by atoms with Crippen molar-refractivity contribution in [2.75, 3.05) is 11.9 Å². The topological polar surface area (TPSA) is 88.2 Å². The number of nitrogens with one attached hydrogen (secondary N) is 1. The zero-order valence-electron chi connectivity index (χ0n) is 10.8. The molecule has 0 aliphatic rings. The zero-order valence-corrected chi connectivity index (χ0v) is 10.8. The minimum absolute atomic E-state index is 0.259. The molecule has 0 unspecified atom stereocenters. The summed E-state index contributed by atoms with van der Waals surface area (Å²) in [6, 6.07) is 5.18. The predicted octanol–water partition coefficient (Wildman–Crippen LogP) is 2.04. The van der Waals surface area contributed by atoms with Gasteiger partial charge in [0.05, 0.1) is 5.56 Å². The van der Waals surface area contributed by atoms with Crippen LogP contribution >= 0.6 is 0 Å². The van der Waals surface area contributed by atoms with Gasteiger partial charge in [-0.25, -0.2) is 4.79 Å². The molecule has 1 heterocycles. The van der Waals surface area contributed by atoms with Crippen molar-refractivity contribution in [1.82, 2.24) is 10.1 Å². The van der Waals surface area contributed by atoms with E-state index in [1.165, 1.54) is 0 Å². The third kappa shape index (κ3) is 3.31. The first-order valence-corrected chi connectivity index (χ1v) is 5.93. The summed E-state index contributed by atoms with van der Waals surface area (Å²) in [6.07, 6.45) is 0.574. The molecule has 0 saturated heterocycles. The third-order valence-corrected chi connectivity index (χ3v) is 2.64. The van der Waals surface area contributed by atoms with Crippen molar-refractivity contribution in [3.05, 3.63) is 41.0 Å². The highest BCUT2D eigenvalue weighted by atomic mass is 16.5. The first-order chi connectivity index (χ1) is 9.06. The van der Waals surface area contributed by atoms with Gasteiger partial charge in [0.15, 0.2) is 5.82 Å². The minimum Gasteiger partial charge on any atom is -0.478 e. The SMILES string of the molecule is Cc1ccc(C(=O)O)c(NCCc2noc(C)n2)c1. The maximum Gasteiger partial charge on any atom is 0.337 e. The van der Waals surface area contributed by atoms with Gasteiger partial charge in [0.1, 0.15) is 0 Å². The molecule has 1 aromatic heterocycles. The van der Waals surface area contributed by atoms with Gasteiger partial charge in [-0.15, -0.1) is 0 Å². The highest BCUT2D eigenvalue weighted by molar-refractivity contribution is 5.94. The number of carboxylic acids is 1. The molecular formula is C13H15N3O3. The minimum atomic E-state index is -0.946. The molecule has 100 valence electrons. The van der Waals surface area contributed by atoms with E-state index in [1.807, 2.05) is 13.0 Å². The van der Waals surface area contributed by atoms with Crippen molar-refractivity contribution >= 4 is 11.7 Å². The number of carbonyl (C=O) groups is 1. The lowest BCUT2D eigenvalue weighted by Crippen LogP contribution is -2.10. The van der Waals surface area contributed by atoms with Crippen LogP contribution in [0.1, 0.15) is 27.6 Å². The Kier molecular flexibility index (Phi) is 3.79. The molecule has 6 nitrogen and oxygen atoms in total. The fourth-order valence-corrected chi connectivity index (χ4v) is 1.74. The molecule has 2 rings (SSSR count). The van der Waals surface area contributed by atoms with E-state index in [-0.39, 0.29) is 5.56 Å². The number of nitrogens with zero attached hydrogens (tertiary/aromatic N) is 2. The Bertz CT molecular complexity index is 593. The van der Waals surface area contributed by atoms with Crippen molar-refractivity contribution in [2.45, 2.75) is 20.3 Å². The van der Waals surface area contributed by atoms with Crippen molar-refractivity contribution in [1.29, 1.82) is 0 Å². The second-order valence-electron chi connectivity index (χ2n) is 4.26. The number of benzene rings is 1. The van der Waals surface area contributed by atoms with Crippen LogP contribution in [-0.4, -0.2) is 27.8 Å². The highest BCUT2D eigenvalue weighted by Crippen LogP contribution is 2.17. The highest BCUT2D eigenvalue weighted by Gasteiger charge is 2.10. The van der Waals surface area contributed by atoms with E-state index in [4.69, 9.17) is 9.63 Å². The summed E-state index contributed by atoms with van der Waals surface area (Å²) in [4.78, 5) is 15.2. The van der Waals surface area contributed by atoms with Gasteiger partial charge in [-0.05, 0) is 24.6 Å². The van der Waals surface area contributed by atoms with Gasteiger partial charge in [-0.2, -0.15) is 4.98 Å². The molecule has 0 bridgehead atoms. The van der Waals surface area contributed by atoms with Crippen LogP contribution < -0.4 is 5.32 Å². The van der Waals surface area contributed by atoms with Gasteiger partial charge in [0.25, 0.3) is 0 Å². The number of rotatable bonds is 5. The summed E-state index contributed by atoms with van der Waals surface area (Å²) < 4.78 is 4.87. The first kappa shape index (κ1) is 13.1. The van der Waals surface area contributed by atoms with E-state index >= 15 is 0 Å². The van der Waals surface area contributed by atoms with Crippen LogP contribution in [0.4, 0.5) is 5.69 Å². The van der Waals surface area contributed by atoms with Crippen LogP contribution in [0.15, 0.2) is 22.7 Å². The molecule has 19 heavy (non-hydrogen) atoms. The maximum atomic E-state index is 11.1. The fraction of sp³-hybridized carbons (Fsp3) is 0.308. The molecule has 2 N–H and O–H groups in total. The molecule has 6 heteroatoms. The zero-order chi connectivity index (χ0) is 13.8. The molecule has 2 aromatic rings. The fourth-order valence-electron chi connectivity index (χ4n) is 1.74. The molecule has 0 spiro atoms.